The Morgan fingerprint density at radius 3 is 2.40 bits per heavy atom. The van der Waals surface area contributed by atoms with E-state index in [1.165, 1.54) is 41.3 Å². The smallest absolute Gasteiger partial charge is 0.263 e. The fraction of sp³-hybridized carbons (Fsp3) is 0.231. The SMILES string of the molecule is CN(C)C(=O)c1cccc(Oc2nc(Oc3cc(C(=N)N)ccc3O)c(F)c(OC3CNC(C(N)=O)C3)c2F)c1. The van der Waals surface area contributed by atoms with E-state index in [9.17, 15) is 14.7 Å². The molecule has 3 aromatic rings. The van der Waals surface area contributed by atoms with Crippen molar-refractivity contribution in [1.82, 2.24) is 15.2 Å². The van der Waals surface area contributed by atoms with Gasteiger partial charge in [-0.2, -0.15) is 13.8 Å². The van der Waals surface area contributed by atoms with Crippen molar-refractivity contribution in [2.75, 3.05) is 20.6 Å². The van der Waals surface area contributed by atoms with Gasteiger partial charge in [0.2, 0.25) is 23.3 Å². The molecular weight excluding hydrogens is 530 g/mol. The first-order chi connectivity index (χ1) is 18.9. The normalized spacial score (nSPS) is 16.3. The Kier molecular flexibility index (Phi) is 8.00. The maximum atomic E-state index is 15.6. The summed E-state index contributed by atoms with van der Waals surface area (Å²) in [6, 6.07) is 8.72. The minimum absolute atomic E-state index is 0.000331. The standard InChI is InChI=1S/C26H26F2N6O6/c1-34(2)26(37)13-4-3-5-14(8-13)39-24-19(27)21(38-15-10-16(23(31)36)32-11-15)20(28)25(33-24)40-18-9-12(22(29)30)6-7-17(18)35/h3-9,15-16,32,35H,10-11H2,1-2H3,(H3,29,30)(H2,31,36). The number of aromatic hydroxyl groups is 1. The Balaban J connectivity index is 1.75. The number of amides is 2. The Labute approximate surface area is 227 Å². The number of benzene rings is 2. The van der Waals surface area contributed by atoms with Crippen molar-refractivity contribution >= 4 is 17.6 Å². The highest BCUT2D eigenvalue weighted by Crippen LogP contribution is 2.40. The average Bonchev–Trinajstić information content (AvgIpc) is 3.39. The van der Waals surface area contributed by atoms with E-state index in [4.69, 9.17) is 31.1 Å². The number of hydrogen-bond acceptors (Lipinski definition) is 9. The van der Waals surface area contributed by atoms with Gasteiger partial charge in [-0.1, -0.05) is 6.07 Å². The third-order valence-corrected chi connectivity index (χ3v) is 5.87. The minimum Gasteiger partial charge on any atom is -0.504 e. The average molecular weight is 557 g/mol. The zero-order valence-corrected chi connectivity index (χ0v) is 21.4. The zero-order chi connectivity index (χ0) is 29.1. The van der Waals surface area contributed by atoms with Crippen molar-refractivity contribution < 1.29 is 37.7 Å². The highest BCUT2D eigenvalue weighted by atomic mass is 19.1. The van der Waals surface area contributed by atoms with Crippen LogP contribution in [0.3, 0.4) is 0 Å². The molecule has 1 saturated heterocycles. The molecule has 7 N–H and O–H groups in total. The molecule has 0 saturated carbocycles. The van der Waals surface area contributed by atoms with E-state index in [2.05, 4.69) is 10.3 Å². The number of halogens is 2. The number of carbonyl (C=O) groups excluding carboxylic acids is 2. The van der Waals surface area contributed by atoms with E-state index < -0.39 is 52.9 Å². The Morgan fingerprint density at radius 2 is 1.77 bits per heavy atom. The van der Waals surface area contributed by atoms with Crippen molar-refractivity contribution in [3.05, 3.63) is 65.2 Å². The molecule has 2 atom stereocenters. The van der Waals surface area contributed by atoms with Crippen LogP contribution in [-0.4, -0.2) is 65.4 Å². The number of primary amides is 1. The Bertz CT molecular complexity index is 1480. The number of ether oxygens (including phenoxy) is 3. The lowest BCUT2D eigenvalue weighted by Crippen LogP contribution is -2.36. The van der Waals surface area contributed by atoms with Crippen LogP contribution >= 0.6 is 0 Å². The van der Waals surface area contributed by atoms with Crippen LogP contribution in [0, 0.1) is 17.0 Å². The van der Waals surface area contributed by atoms with E-state index in [1.807, 2.05) is 0 Å². The first kappa shape index (κ1) is 28.0. The summed E-state index contributed by atoms with van der Waals surface area (Å²) < 4.78 is 47.8. The molecule has 2 heterocycles. The molecule has 0 bridgehead atoms. The molecule has 1 aliphatic rings. The molecule has 2 amide bonds. The molecule has 0 aliphatic carbocycles. The van der Waals surface area contributed by atoms with Crippen molar-refractivity contribution in [3.63, 3.8) is 0 Å². The fourth-order valence-electron chi connectivity index (χ4n) is 3.83. The number of nitrogen functional groups attached to an aromatic ring is 1. The summed E-state index contributed by atoms with van der Waals surface area (Å²) in [5.41, 5.74) is 11.2. The molecule has 2 aromatic carbocycles. The number of phenols is 1. The number of pyridine rings is 1. The third-order valence-electron chi connectivity index (χ3n) is 5.87. The van der Waals surface area contributed by atoms with Crippen LogP contribution in [0.5, 0.6) is 34.8 Å². The van der Waals surface area contributed by atoms with E-state index >= 15 is 8.78 Å². The van der Waals surface area contributed by atoms with Gasteiger partial charge in [0.1, 0.15) is 17.7 Å². The van der Waals surface area contributed by atoms with Gasteiger partial charge in [-0.25, -0.2) is 0 Å². The van der Waals surface area contributed by atoms with Gasteiger partial charge in [0.05, 0.1) is 6.04 Å². The molecule has 0 radical (unpaired) electrons. The summed E-state index contributed by atoms with van der Waals surface area (Å²) >= 11 is 0. The molecule has 0 spiro atoms. The summed E-state index contributed by atoms with van der Waals surface area (Å²) in [5.74, 6) is -7.32. The summed E-state index contributed by atoms with van der Waals surface area (Å²) in [6.45, 7) is 0.0668. The van der Waals surface area contributed by atoms with Crippen LogP contribution in [0.25, 0.3) is 0 Å². The van der Waals surface area contributed by atoms with Gasteiger partial charge in [0.25, 0.3) is 17.7 Å². The Morgan fingerprint density at radius 1 is 1.07 bits per heavy atom. The van der Waals surface area contributed by atoms with E-state index in [1.54, 1.807) is 14.1 Å². The van der Waals surface area contributed by atoms with E-state index in [0.29, 0.717) is 0 Å². The van der Waals surface area contributed by atoms with Gasteiger partial charge < -0.3 is 41.0 Å². The van der Waals surface area contributed by atoms with Crippen molar-refractivity contribution in [1.29, 1.82) is 5.41 Å². The van der Waals surface area contributed by atoms with E-state index in [0.717, 1.165) is 6.07 Å². The molecule has 1 fully saturated rings. The highest BCUT2D eigenvalue weighted by molar-refractivity contribution is 5.95. The predicted octanol–water partition coefficient (Wildman–Crippen LogP) is 2.23. The predicted molar refractivity (Wildman–Crippen MR) is 138 cm³/mol. The molecule has 2 unspecified atom stereocenters. The number of nitrogens with two attached hydrogens (primary N) is 2. The van der Waals surface area contributed by atoms with Gasteiger partial charge in [-0.15, -0.1) is 0 Å². The molecule has 14 heteroatoms. The molecule has 40 heavy (non-hydrogen) atoms. The molecule has 210 valence electrons. The number of rotatable bonds is 9. The second-order valence-corrected chi connectivity index (χ2v) is 9.05. The van der Waals surface area contributed by atoms with E-state index in [-0.39, 0.29) is 47.3 Å². The van der Waals surface area contributed by atoms with Crippen LogP contribution in [0.2, 0.25) is 0 Å². The van der Waals surface area contributed by atoms with Gasteiger partial charge in [0, 0.05) is 38.2 Å². The summed E-state index contributed by atoms with van der Waals surface area (Å²) in [6.07, 6.45) is -0.806. The first-order valence-electron chi connectivity index (χ1n) is 11.9. The molecule has 1 aromatic heterocycles. The van der Waals surface area contributed by atoms with Gasteiger partial charge in [-0.3, -0.25) is 15.0 Å². The number of carbonyl (C=O) groups is 2. The summed E-state index contributed by atoms with van der Waals surface area (Å²) in [7, 11) is 3.11. The zero-order valence-electron chi connectivity index (χ0n) is 21.4. The number of aromatic nitrogens is 1. The lowest BCUT2D eigenvalue weighted by molar-refractivity contribution is -0.119. The number of hydrogen-bond donors (Lipinski definition) is 5. The van der Waals surface area contributed by atoms with Gasteiger partial charge >= 0.3 is 0 Å². The topological polar surface area (TPSA) is 186 Å². The van der Waals surface area contributed by atoms with Crippen molar-refractivity contribution in [2.45, 2.75) is 18.6 Å². The van der Waals surface area contributed by atoms with Crippen LogP contribution in [0.1, 0.15) is 22.3 Å². The molecular formula is C26H26F2N6O6. The second kappa shape index (κ2) is 11.4. The van der Waals surface area contributed by atoms with Crippen LogP contribution < -0.4 is 31.0 Å². The molecule has 4 rings (SSSR count). The van der Waals surface area contributed by atoms with Gasteiger partial charge in [0.15, 0.2) is 11.5 Å². The fourth-order valence-corrected chi connectivity index (χ4v) is 3.83. The first-order valence-corrected chi connectivity index (χ1v) is 11.9. The minimum atomic E-state index is -1.36. The number of amidine groups is 1. The quantitative estimate of drug-likeness (QED) is 0.195. The summed E-state index contributed by atoms with van der Waals surface area (Å²) in [5, 5.41) is 20.6. The van der Waals surface area contributed by atoms with Crippen LogP contribution in [-0.2, 0) is 4.79 Å². The lowest BCUT2D eigenvalue weighted by atomic mass is 10.2. The van der Waals surface area contributed by atoms with Crippen molar-refractivity contribution in [2.24, 2.45) is 11.5 Å². The Hall–Kier alpha value is -4.98. The van der Waals surface area contributed by atoms with Crippen LogP contribution in [0.15, 0.2) is 42.5 Å². The molecule has 1 aliphatic heterocycles. The number of nitrogens with zero attached hydrogens (tertiary/aromatic N) is 2. The number of phenolic OH excluding ortho intramolecular Hbond substituents is 1. The van der Waals surface area contributed by atoms with Crippen molar-refractivity contribution in [3.8, 4) is 34.8 Å². The van der Waals surface area contributed by atoms with Crippen LogP contribution in [0.4, 0.5) is 8.78 Å². The summed E-state index contributed by atoms with van der Waals surface area (Å²) in [4.78, 5) is 29.0. The maximum Gasteiger partial charge on any atom is 0.263 e. The monoisotopic (exact) mass is 556 g/mol. The second-order valence-electron chi connectivity index (χ2n) is 9.05. The maximum absolute atomic E-state index is 15.6. The third kappa shape index (κ3) is 6.02. The van der Waals surface area contributed by atoms with Gasteiger partial charge in [-0.05, 0) is 36.4 Å². The largest absolute Gasteiger partial charge is 0.504 e. The lowest BCUT2D eigenvalue weighted by Gasteiger charge is -2.18. The highest BCUT2D eigenvalue weighted by Gasteiger charge is 2.33. The number of nitrogens with one attached hydrogen (secondary N) is 2. The molecule has 12 nitrogen and oxygen atoms in total.